The zero-order valence-electron chi connectivity index (χ0n) is 10.0. The van der Waals surface area contributed by atoms with Gasteiger partial charge in [-0.1, -0.05) is 13.8 Å². The minimum absolute atomic E-state index is 0.116. The highest BCUT2D eigenvalue weighted by Gasteiger charge is 2.24. The Bertz CT molecular complexity index is 171. The number of nitrogens with zero attached hydrogens (tertiary/aromatic N) is 1. The topological polar surface area (TPSA) is 29.5 Å². The maximum Gasteiger partial charge on any atom is 0.323 e. The fourth-order valence-electron chi connectivity index (χ4n) is 1.60. The van der Waals surface area contributed by atoms with E-state index in [4.69, 9.17) is 4.74 Å². The molecule has 0 saturated carbocycles. The average Bonchev–Trinajstić information content (AvgIpc) is 2.18. The van der Waals surface area contributed by atoms with E-state index in [1.165, 1.54) is 0 Å². The van der Waals surface area contributed by atoms with Crippen LogP contribution in [-0.4, -0.2) is 36.1 Å². The molecule has 3 nitrogen and oxygen atoms in total. The summed E-state index contributed by atoms with van der Waals surface area (Å²) in [4.78, 5) is 13.7. The Balaban J connectivity index is 4.29. The molecular weight excluding hydrogens is 178 g/mol. The van der Waals surface area contributed by atoms with Gasteiger partial charge in [0.2, 0.25) is 0 Å². The van der Waals surface area contributed by atoms with Crippen LogP contribution in [0, 0.1) is 0 Å². The molecule has 0 heterocycles. The lowest BCUT2D eigenvalue weighted by Gasteiger charge is -2.31. The summed E-state index contributed by atoms with van der Waals surface area (Å²) in [6.45, 7) is 11.4. The third-order valence-corrected chi connectivity index (χ3v) is 2.65. The molecule has 0 amide bonds. The van der Waals surface area contributed by atoms with Crippen LogP contribution in [-0.2, 0) is 9.53 Å². The second-order valence-corrected chi connectivity index (χ2v) is 3.52. The molecule has 0 bridgehead atoms. The van der Waals surface area contributed by atoms with Gasteiger partial charge in [-0.3, -0.25) is 9.69 Å². The fourth-order valence-corrected chi connectivity index (χ4v) is 1.60. The van der Waals surface area contributed by atoms with Crippen LogP contribution in [0.25, 0.3) is 0 Å². The Morgan fingerprint density at radius 2 is 1.86 bits per heavy atom. The SMILES string of the molecule is CCOC(=O)C(C)N(CC)C(C)CC. The Morgan fingerprint density at radius 3 is 2.21 bits per heavy atom. The van der Waals surface area contributed by atoms with Gasteiger partial charge in [0.1, 0.15) is 6.04 Å². The molecule has 0 aromatic rings. The number of esters is 1. The van der Waals surface area contributed by atoms with Gasteiger partial charge in [-0.15, -0.1) is 0 Å². The number of carbonyl (C=O) groups excluding carboxylic acids is 1. The number of rotatable bonds is 6. The van der Waals surface area contributed by atoms with Crippen molar-refractivity contribution in [3.8, 4) is 0 Å². The zero-order chi connectivity index (χ0) is 11.1. The van der Waals surface area contributed by atoms with E-state index in [-0.39, 0.29) is 12.0 Å². The molecule has 84 valence electrons. The van der Waals surface area contributed by atoms with Crippen molar-refractivity contribution < 1.29 is 9.53 Å². The second-order valence-electron chi connectivity index (χ2n) is 3.52. The van der Waals surface area contributed by atoms with E-state index in [9.17, 15) is 4.79 Å². The Kier molecular flexibility index (Phi) is 6.54. The van der Waals surface area contributed by atoms with Crippen LogP contribution in [0.4, 0.5) is 0 Å². The summed E-state index contributed by atoms with van der Waals surface area (Å²) in [5.41, 5.74) is 0. The molecule has 0 aromatic heterocycles. The average molecular weight is 201 g/mol. The van der Waals surface area contributed by atoms with E-state index in [1.807, 2.05) is 13.8 Å². The molecule has 0 spiro atoms. The third kappa shape index (κ3) is 3.66. The van der Waals surface area contributed by atoms with E-state index in [2.05, 4.69) is 25.7 Å². The van der Waals surface area contributed by atoms with E-state index in [1.54, 1.807) is 0 Å². The highest BCUT2D eigenvalue weighted by atomic mass is 16.5. The van der Waals surface area contributed by atoms with Crippen molar-refractivity contribution in [2.24, 2.45) is 0 Å². The maximum atomic E-state index is 11.5. The Labute approximate surface area is 87.4 Å². The predicted octanol–water partition coefficient (Wildman–Crippen LogP) is 2.06. The standard InChI is InChI=1S/C11H23NO2/c1-6-9(4)12(7-2)10(5)11(13)14-8-3/h9-10H,6-8H2,1-5H3. The quantitative estimate of drug-likeness (QED) is 0.616. The molecule has 0 aliphatic heterocycles. The van der Waals surface area contributed by atoms with E-state index in [0.717, 1.165) is 13.0 Å². The van der Waals surface area contributed by atoms with Crippen molar-refractivity contribution in [1.29, 1.82) is 0 Å². The molecule has 0 saturated heterocycles. The molecule has 0 N–H and O–H groups in total. The molecular formula is C11H23NO2. The summed E-state index contributed by atoms with van der Waals surface area (Å²) in [5, 5.41) is 0. The molecule has 0 rings (SSSR count). The molecule has 0 fully saturated rings. The van der Waals surface area contributed by atoms with Gasteiger partial charge in [-0.25, -0.2) is 0 Å². The largest absolute Gasteiger partial charge is 0.465 e. The number of ether oxygens (including phenoxy) is 1. The van der Waals surface area contributed by atoms with Gasteiger partial charge >= 0.3 is 5.97 Å². The maximum absolute atomic E-state index is 11.5. The summed E-state index contributed by atoms with van der Waals surface area (Å²) in [6.07, 6.45) is 1.05. The molecule has 3 heteroatoms. The van der Waals surface area contributed by atoms with Crippen molar-refractivity contribution in [3.63, 3.8) is 0 Å². The number of likely N-dealkylation sites (N-methyl/N-ethyl adjacent to an activating group) is 1. The van der Waals surface area contributed by atoms with Crippen LogP contribution in [0.2, 0.25) is 0 Å². The lowest BCUT2D eigenvalue weighted by atomic mass is 10.1. The van der Waals surface area contributed by atoms with Crippen molar-refractivity contribution in [2.75, 3.05) is 13.2 Å². The summed E-state index contributed by atoms with van der Waals surface area (Å²) in [7, 11) is 0. The molecule has 0 aliphatic rings. The van der Waals surface area contributed by atoms with Crippen LogP contribution in [0.1, 0.15) is 41.0 Å². The van der Waals surface area contributed by atoms with Crippen molar-refractivity contribution >= 4 is 5.97 Å². The smallest absolute Gasteiger partial charge is 0.323 e. The van der Waals surface area contributed by atoms with Crippen LogP contribution in [0.15, 0.2) is 0 Å². The van der Waals surface area contributed by atoms with Gasteiger partial charge in [0, 0.05) is 6.04 Å². The van der Waals surface area contributed by atoms with E-state index < -0.39 is 0 Å². The molecule has 2 unspecified atom stereocenters. The molecule has 0 aliphatic carbocycles. The lowest BCUT2D eigenvalue weighted by molar-refractivity contribution is -0.149. The first kappa shape index (κ1) is 13.4. The lowest BCUT2D eigenvalue weighted by Crippen LogP contribution is -2.44. The van der Waals surface area contributed by atoms with Crippen LogP contribution >= 0.6 is 0 Å². The first-order valence-corrected chi connectivity index (χ1v) is 5.50. The van der Waals surface area contributed by atoms with Gasteiger partial charge < -0.3 is 4.74 Å². The van der Waals surface area contributed by atoms with Crippen molar-refractivity contribution in [2.45, 2.75) is 53.1 Å². The summed E-state index contributed by atoms with van der Waals surface area (Å²) < 4.78 is 5.00. The molecule has 0 radical (unpaired) electrons. The normalized spacial score (nSPS) is 15.3. The van der Waals surface area contributed by atoms with E-state index >= 15 is 0 Å². The van der Waals surface area contributed by atoms with Gasteiger partial charge in [-0.2, -0.15) is 0 Å². The number of hydrogen-bond donors (Lipinski definition) is 0. The monoisotopic (exact) mass is 201 g/mol. The van der Waals surface area contributed by atoms with Crippen molar-refractivity contribution in [3.05, 3.63) is 0 Å². The summed E-state index contributed by atoms with van der Waals surface area (Å²) >= 11 is 0. The minimum Gasteiger partial charge on any atom is -0.465 e. The van der Waals surface area contributed by atoms with Gasteiger partial charge in [0.05, 0.1) is 6.61 Å². The van der Waals surface area contributed by atoms with Crippen LogP contribution < -0.4 is 0 Å². The highest BCUT2D eigenvalue weighted by Crippen LogP contribution is 2.09. The van der Waals surface area contributed by atoms with Gasteiger partial charge in [-0.05, 0) is 33.7 Å². The van der Waals surface area contributed by atoms with Crippen LogP contribution in [0.3, 0.4) is 0 Å². The van der Waals surface area contributed by atoms with Crippen molar-refractivity contribution in [1.82, 2.24) is 4.90 Å². The summed E-state index contributed by atoms with van der Waals surface area (Å²) in [6, 6.07) is 0.300. The number of carbonyl (C=O) groups is 1. The first-order chi connectivity index (χ1) is 6.58. The van der Waals surface area contributed by atoms with Gasteiger partial charge in [0.15, 0.2) is 0 Å². The van der Waals surface area contributed by atoms with E-state index in [0.29, 0.717) is 12.6 Å². The number of hydrogen-bond acceptors (Lipinski definition) is 3. The Morgan fingerprint density at radius 1 is 1.29 bits per heavy atom. The Hall–Kier alpha value is -0.570. The molecule has 2 atom stereocenters. The second kappa shape index (κ2) is 6.82. The fraction of sp³-hybridized carbons (Fsp3) is 0.909. The summed E-state index contributed by atoms with van der Waals surface area (Å²) in [5.74, 6) is -0.116. The first-order valence-electron chi connectivity index (χ1n) is 5.50. The minimum atomic E-state index is -0.130. The third-order valence-electron chi connectivity index (χ3n) is 2.65. The van der Waals surface area contributed by atoms with Crippen LogP contribution in [0.5, 0.6) is 0 Å². The molecule has 0 aromatic carbocycles. The molecule has 14 heavy (non-hydrogen) atoms. The highest BCUT2D eigenvalue weighted by molar-refractivity contribution is 5.75. The van der Waals surface area contributed by atoms with Gasteiger partial charge in [0.25, 0.3) is 0 Å². The zero-order valence-corrected chi connectivity index (χ0v) is 10.0. The predicted molar refractivity (Wildman–Crippen MR) is 58.2 cm³/mol.